The summed E-state index contributed by atoms with van der Waals surface area (Å²) in [6.07, 6.45) is 0. The molecule has 3 aliphatic heterocycles. The second-order valence-corrected chi connectivity index (χ2v) is 11.9. The number of carbonyl (C=O) groups excluding carboxylic acids is 2. The number of rotatable bonds is 7. The molecule has 0 saturated carbocycles. The van der Waals surface area contributed by atoms with Gasteiger partial charge in [0.25, 0.3) is 11.7 Å². The highest BCUT2D eigenvalue weighted by Crippen LogP contribution is 2.39. The number of nitrogens with zero attached hydrogens (tertiary/aromatic N) is 3. The number of sulfonamides is 1. The van der Waals surface area contributed by atoms with Gasteiger partial charge in [-0.25, -0.2) is 8.42 Å². The van der Waals surface area contributed by atoms with Gasteiger partial charge >= 0.3 is 0 Å². The highest BCUT2D eigenvalue weighted by Gasteiger charge is 2.46. The number of carbonyl (C=O) groups is 2. The molecule has 0 bridgehead atoms. The van der Waals surface area contributed by atoms with Crippen molar-refractivity contribution in [2.75, 3.05) is 65.7 Å². The summed E-state index contributed by atoms with van der Waals surface area (Å²) in [5, 5.41) is 11.8. The first-order chi connectivity index (χ1) is 18.8. The van der Waals surface area contributed by atoms with Crippen LogP contribution in [0, 0.1) is 0 Å². The molecule has 12 heteroatoms. The minimum absolute atomic E-state index is 0.0481. The van der Waals surface area contributed by atoms with E-state index < -0.39 is 27.8 Å². The summed E-state index contributed by atoms with van der Waals surface area (Å²) in [7, 11) is -3.73. The third-order valence-corrected chi connectivity index (χ3v) is 9.39. The minimum atomic E-state index is -3.73. The van der Waals surface area contributed by atoms with E-state index in [1.54, 1.807) is 24.3 Å². The van der Waals surface area contributed by atoms with Crippen molar-refractivity contribution in [3.63, 3.8) is 0 Å². The fraction of sp³-hybridized carbons (Fsp3) is 0.407. The van der Waals surface area contributed by atoms with Crippen LogP contribution in [0.5, 0.6) is 0 Å². The van der Waals surface area contributed by atoms with E-state index in [-0.39, 0.29) is 41.4 Å². The Morgan fingerprint density at radius 2 is 1.46 bits per heavy atom. The van der Waals surface area contributed by atoms with E-state index >= 15 is 0 Å². The number of morpholine rings is 2. The number of ketones is 1. The first kappa shape index (κ1) is 27.8. The molecule has 3 heterocycles. The number of aliphatic hydroxyl groups is 1. The van der Waals surface area contributed by atoms with Crippen LogP contribution in [-0.2, 0) is 29.1 Å². The summed E-state index contributed by atoms with van der Waals surface area (Å²) in [5.41, 5.74) is 0.822. The van der Waals surface area contributed by atoms with Crippen LogP contribution in [-0.4, -0.2) is 105 Å². The van der Waals surface area contributed by atoms with Gasteiger partial charge in [-0.05, 0) is 42.0 Å². The fourth-order valence-corrected chi connectivity index (χ4v) is 6.59. The van der Waals surface area contributed by atoms with Crippen molar-refractivity contribution < 1.29 is 32.6 Å². The van der Waals surface area contributed by atoms with Crippen LogP contribution in [0.25, 0.3) is 5.76 Å². The van der Waals surface area contributed by atoms with Crippen molar-refractivity contribution in [2.24, 2.45) is 0 Å². The van der Waals surface area contributed by atoms with Crippen molar-refractivity contribution >= 4 is 39.1 Å². The molecule has 0 aliphatic carbocycles. The molecule has 10 nitrogen and oxygen atoms in total. The highest BCUT2D eigenvalue weighted by molar-refractivity contribution is 7.89. The first-order valence-corrected chi connectivity index (χ1v) is 14.6. The zero-order chi connectivity index (χ0) is 27.6. The highest BCUT2D eigenvalue weighted by atomic mass is 35.5. The van der Waals surface area contributed by atoms with Gasteiger partial charge in [-0.2, -0.15) is 4.31 Å². The Balaban J connectivity index is 1.47. The van der Waals surface area contributed by atoms with Gasteiger partial charge in [-0.15, -0.1) is 0 Å². The fourth-order valence-electron chi connectivity index (χ4n) is 5.05. The molecule has 5 rings (SSSR count). The lowest BCUT2D eigenvalue weighted by Gasteiger charge is -2.31. The standard InChI is InChI=1S/C27H30ClN3O7S/c28-21-5-1-19(2-6-21)24-23(26(33)27(34)31(24)10-9-29-11-15-37-16-12-29)25(32)20-3-7-22(8-4-20)39(35,36)30-13-17-38-18-14-30/h1-8,24,32H,9-18H2. The van der Waals surface area contributed by atoms with Crippen molar-refractivity contribution in [2.45, 2.75) is 10.9 Å². The maximum atomic E-state index is 13.3. The zero-order valence-electron chi connectivity index (χ0n) is 21.3. The maximum absolute atomic E-state index is 13.3. The van der Waals surface area contributed by atoms with E-state index in [0.717, 1.165) is 13.1 Å². The lowest BCUT2D eigenvalue weighted by Crippen LogP contribution is -2.42. The molecule has 3 aliphatic rings. The summed E-state index contributed by atoms with van der Waals surface area (Å²) >= 11 is 6.09. The largest absolute Gasteiger partial charge is 0.507 e. The molecule has 0 radical (unpaired) electrons. The van der Waals surface area contributed by atoms with Crippen LogP contribution >= 0.6 is 11.6 Å². The Labute approximate surface area is 232 Å². The predicted octanol–water partition coefficient (Wildman–Crippen LogP) is 2.11. The van der Waals surface area contributed by atoms with Gasteiger partial charge in [0.2, 0.25) is 10.0 Å². The summed E-state index contributed by atoms with van der Waals surface area (Å²) in [4.78, 5) is 30.2. The second-order valence-electron chi connectivity index (χ2n) is 9.54. The second kappa shape index (κ2) is 11.7. The Kier molecular flexibility index (Phi) is 8.36. The molecule has 2 aromatic rings. The minimum Gasteiger partial charge on any atom is -0.507 e. The molecule has 3 fully saturated rings. The van der Waals surface area contributed by atoms with Gasteiger partial charge in [-0.1, -0.05) is 23.7 Å². The Morgan fingerprint density at radius 1 is 0.872 bits per heavy atom. The SMILES string of the molecule is O=C1C(=O)N(CCN2CCOCC2)C(c2ccc(Cl)cc2)C1=C(O)c1ccc(S(=O)(=O)N2CCOCC2)cc1. The molecule has 0 aromatic heterocycles. The Bertz CT molecular complexity index is 1350. The van der Waals surface area contributed by atoms with E-state index in [2.05, 4.69) is 4.90 Å². The van der Waals surface area contributed by atoms with E-state index in [1.807, 2.05) is 0 Å². The predicted molar refractivity (Wildman–Crippen MR) is 144 cm³/mol. The molecule has 2 aromatic carbocycles. The Hall–Kier alpha value is -2.80. The Morgan fingerprint density at radius 3 is 2.08 bits per heavy atom. The van der Waals surface area contributed by atoms with Gasteiger partial charge < -0.3 is 19.5 Å². The van der Waals surface area contributed by atoms with Crippen LogP contribution in [0.15, 0.2) is 59.0 Å². The molecular formula is C27H30ClN3O7S. The molecule has 1 atom stereocenters. The molecule has 1 N–H and O–H groups in total. The number of benzene rings is 2. The summed E-state index contributed by atoms with van der Waals surface area (Å²) in [6, 6.07) is 11.7. The topological polar surface area (TPSA) is 117 Å². The van der Waals surface area contributed by atoms with E-state index in [1.165, 1.54) is 33.5 Å². The first-order valence-electron chi connectivity index (χ1n) is 12.8. The molecule has 39 heavy (non-hydrogen) atoms. The summed E-state index contributed by atoms with van der Waals surface area (Å²) < 4.78 is 38.0. The number of Topliss-reactive ketones (excluding diaryl/α,β-unsaturated/α-hetero) is 1. The molecule has 1 amide bonds. The summed E-state index contributed by atoms with van der Waals surface area (Å²) in [6.45, 7) is 4.69. The number of likely N-dealkylation sites (tertiary alicyclic amines) is 1. The average molecular weight is 576 g/mol. The van der Waals surface area contributed by atoms with Crippen LogP contribution in [0.3, 0.4) is 0 Å². The lowest BCUT2D eigenvalue weighted by atomic mass is 9.95. The van der Waals surface area contributed by atoms with E-state index in [0.29, 0.717) is 43.6 Å². The third kappa shape index (κ3) is 5.74. The quantitative estimate of drug-likeness (QED) is 0.303. The van der Waals surface area contributed by atoms with Crippen LogP contribution in [0.2, 0.25) is 5.02 Å². The maximum Gasteiger partial charge on any atom is 0.295 e. The van der Waals surface area contributed by atoms with Crippen LogP contribution < -0.4 is 0 Å². The number of hydrogen-bond acceptors (Lipinski definition) is 8. The number of aliphatic hydroxyl groups excluding tert-OH is 1. The van der Waals surface area contributed by atoms with E-state index in [4.69, 9.17) is 21.1 Å². The van der Waals surface area contributed by atoms with Gasteiger partial charge in [0.05, 0.1) is 42.9 Å². The van der Waals surface area contributed by atoms with Gasteiger partial charge in [0.1, 0.15) is 5.76 Å². The normalized spacial score (nSPS) is 22.9. The molecule has 3 saturated heterocycles. The van der Waals surface area contributed by atoms with Crippen molar-refractivity contribution in [1.82, 2.24) is 14.1 Å². The lowest BCUT2D eigenvalue weighted by molar-refractivity contribution is -0.140. The van der Waals surface area contributed by atoms with Crippen LogP contribution in [0.4, 0.5) is 0 Å². The van der Waals surface area contributed by atoms with Crippen molar-refractivity contribution in [3.05, 3.63) is 70.3 Å². The molecular weight excluding hydrogens is 546 g/mol. The van der Waals surface area contributed by atoms with E-state index in [9.17, 15) is 23.1 Å². The molecule has 0 spiro atoms. The number of amides is 1. The van der Waals surface area contributed by atoms with Crippen LogP contribution in [0.1, 0.15) is 17.2 Å². The molecule has 208 valence electrons. The summed E-state index contributed by atoms with van der Waals surface area (Å²) in [5.74, 6) is -1.85. The smallest absolute Gasteiger partial charge is 0.295 e. The average Bonchev–Trinajstić information content (AvgIpc) is 3.22. The third-order valence-electron chi connectivity index (χ3n) is 7.22. The zero-order valence-corrected chi connectivity index (χ0v) is 22.9. The van der Waals surface area contributed by atoms with Gasteiger partial charge in [0.15, 0.2) is 0 Å². The van der Waals surface area contributed by atoms with Gasteiger partial charge in [-0.3, -0.25) is 14.5 Å². The van der Waals surface area contributed by atoms with Crippen molar-refractivity contribution in [1.29, 1.82) is 0 Å². The van der Waals surface area contributed by atoms with Crippen molar-refractivity contribution in [3.8, 4) is 0 Å². The number of hydrogen-bond donors (Lipinski definition) is 1. The number of ether oxygens (including phenoxy) is 2. The molecule has 1 unspecified atom stereocenters. The number of halogens is 1. The van der Waals surface area contributed by atoms with Gasteiger partial charge in [0, 0.05) is 49.9 Å². The monoisotopic (exact) mass is 575 g/mol.